The summed E-state index contributed by atoms with van der Waals surface area (Å²) in [5, 5.41) is 7.50. The van der Waals surface area contributed by atoms with Crippen molar-refractivity contribution < 1.29 is 0 Å². The quantitative estimate of drug-likeness (QED) is 0.221. The first kappa shape index (κ1) is 22.4. The predicted molar refractivity (Wildman–Crippen MR) is 169 cm³/mol. The van der Waals surface area contributed by atoms with E-state index >= 15 is 0 Å². The third-order valence-corrected chi connectivity index (χ3v) is 9.15. The normalized spacial score (nSPS) is 13.3. The molecule has 0 unspecified atom stereocenters. The topological polar surface area (TPSA) is 0 Å². The van der Waals surface area contributed by atoms with Crippen molar-refractivity contribution in [2.45, 2.75) is 12.8 Å². The fourth-order valence-corrected chi connectivity index (χ4v) is 7.39. The number of fused-ring (bicyclic) bond motifs is 5. The highest BCUT2D eigenvalue weighted by Gasteiger charge is 2.19. The molecule has 1 aromatic heterocycles. The molecule has 0 amide bonds. The summed E-state index contributed by atoms with van der Waals surface area (Å²) >= 11 is 1.87. The van der Waals surface area contributed by atoms with Crippen molar-refractivity contribution >= 4 is 58.6 Å². The summed E-state index contributed by atoms with van der Waals surface area (Å²) in [5.74, 6) is 0. The molecule has 1 heterocycles. The van der Waals surface area contributed by atoms with E-state index in [-0.39, 0.29) is 0 Å². The van der Waals surface area contributed by atoms with Gasteiger partial charge in [0.05, 0.1) is 0 Å². The van der Waals surface area contributed by atoms with E-state index < -0.39 is 0 Å². The van der Waals surface area contributed by atoms with Crippen LogP contribution in [0.25, 0.3) is 69.5 Å². The molecule has 0 radical (unpaired) electrons. The second-order valence-corrected chi connectivity index (χ2v) is 11.3. The maximum atomic E-state index is 3.55. The fourth-order valence-electron chi connectivity index (χ4n) is 6.26. The van der Waals surface area contributed by atoms with E-state index in [0.29, 0.717) is 0 Å². The van der Waals surface area contributed by atoms with Gasteiger partial charge in [-0.05, 0) is 81.1 Å². The molecule has 0 aliphatic heterocycles. The lowest BCUT2D eigenvalue weighted by atomic mass is 9.85. The second kappa shape index (κ2) is 8.98. The van der Waals surface area contributed by atoms with Gasteiger partial charge in [0.15, 0.2) is 0 Å². The minimum Gasteiger partial charge on any atom is -0.135 e. The molecule has 7 aromatic rings. The van der Waals surface area contributed by atoms with Crippen LogP contribution >= 0.6 is 11.3 Å². The molecule has 1 heteroatoms. The van der Waals surface area contributed by atoms with Crippen molar-refractivity contribution in [1.82, 2.24) is 0 Å². The largest absolute Gasteiger partial charge is 0.135 e. The Kier molecular flexibility index (Phi) is 5.15. The number of rotatable bonds is 3. The number of hydrogen-bond donors (Lipinski definition) is 0. The van der Waals surface area contributed by atoms with E-state index in [0.717, 1.165) is 18.2 Å². The molecule has 0 nitrogen and oxygen atoms in total. The lowest BCUT2D eigenvalue weighted by Crippen LogP contribution is -1.92. The third-order valence-electron chi connectivity index (χ3n) is 8.01. The van der Waals surface area contributed by atoms with E-state index in [1.54, 1.807) is 0 Å². The van der Waals surface area contributed by atoms with E-state index in [1.807, 2.05) is 17.4 Å². The Morgan fingerprint density at radius 1 is 0.615 bits per heavy atom. The van der Waals surface area contributed by atoms with Gasteiger partial charge >= 0.3 is 0 Å². The molecule has 1 aliphatic rings. The Hall–Kier alpha value is -4.64. The van der Waals surface area contributed by atoms with Crippen LogP contribution in [0.2, 0.25) is 0 Å². The van der Waals surface area contributed by atoms with Gasteiger partial charge < -0.3 is 0 Å². The highest BCUT2D eigenvalue weighted by molar-refractivity contribution is 7.25. The van der Waals surface area contributed by atoms with Crippen molar-refractivity contribution in [3.8, 4) is 22.3 Å². The fraction of sp³-hybridized carbons (Fsp3) is 0.0526. The molecule has 39 heavy (non-hydrogen) atoms. The maximum absolute atomic E-state index is 3.55. The number of benzene rings is 5. The van der Waals surface area contributed by atoms with E-state index in [4.69, 9.17) is 0 Å². The molecule has 1 aliphatic carbocycles. The number of thiophene rings is 1. The van der Waals surface area contributed by atoms with Gasteiger partial charge in [0.25, 0.3) is 0 Å². The zero-order valence-electron chi connectivity index (χ0n) is 21.4. The summed E-state index contributed by atoms with van der Waals surface area (Å²) in [7, 11) is 0. The molecule has 0 saturated heterocycles. The molecule has 0 saturated carbocycles. The van der Waals surface area contributed by atoms with Gasteiger partial charge in [-0.25, -0.2) is 0 Å². The van der Waals surface area contributed by atoms with Crippen LogP contribution in [0.15, 0.2) is 121 Å². The zero-order valence-corrected chi connectivity index (χ0v) is 22.2. The van der Waals surface area contributed by atoms with Crippen LogP contribution in [-0.2, 0) is 0 Å². The molecular formula is C38H24S. The van der Waals surface area contributed by atoms with E-state index in [2.05, 4.69) is 127 Å². The summed E-state index contributed by atoms with van der Waals surface area (Å²) in [6, 6.07) is 44.6. The highest BCUT2D eigenvalue weighted by atomic mass is 32.1. The molecule has 0 fully saturated rings. The smallest absolute Gasteiger partial charge is 0.0412 e. The van der Waals surface area contributed by atoms with Gasteiger partial charge in [-0.3, -0.25) is 0 Å². The summed E-state index contributed by atoms with van der Waals surface area (Å²) < 4.78 is 2.64. The molecule has 0 bridgehead atoms. The van der Waals surface area contributed by atoms with Gasteiger partial charge in [-0.1, -0.05) is 109 Å². The lowest BCUT2D eigenvalue weighted by Gasteiger charge is -2.17. The summed E-state index contributed by atoms with van der Waals surface area (Å²) in [6.45, 7) is 0. The maximum Gasteiger partial charge on any atom is 0.0412 e. The molecule has 0 atom stereocenters. The first-order chi connectivity index (χ1) is 19.4. The Labute approximate surface area is 232 Å². The molecule has 182 valence electrons. The summed E-state index contributed by atoms with van der Waals surface area (Å²) in [6.07, 6.45) is 8.88. The monoisotopic (exact) mass is 512 g/mol. The van der Waals surface area contributed by atoms with Crippen LogP contribution in [0, 0.1) is 12.1 Å². The van der Waals surface area contributed by atoms with Crippen LogP contribution in [0.3, 0.4) is 0 Å². The molecular weight excluding hydrogens is 488 g/mol. The second-order valence-electron chi connectivity index (χ2n) is 10.2. The van der Waals surface area contributed by atoms with Crippen LogP contribution in [0.5, 0.6) is 0 Å². The lowest BCUT2D eigenvalue weighted by molar-refractivity contribution is 1.05. The Bertz CT molecular complexity index is 2040. The minimum absolute atomic E-state index is 1.10. The predicted octanol–water partition coefficient (Wildman–Crippen LogP) is 11.0. The highest BCUT2D eigenvalue weighted by Crippen LogP contribution is 2.47. The average Bonchev–Trinajstić information content (AvgIpc) is 3.40. The van der Waals surface area contributed by atoms with Gasteiger partial charge in [0.1, 0.15) is 0 Å². The van der Waals surface area contributed by atoms with Crippen LogP contribution in [0.4, 0.5) is 0 Å². The van der Waals surface area contributed by atoms with Crippen molar-refractivity contribution in [2.75, 3.05) is 0 Å². The van der Waals surface area contributed by atoms with Gasteiger partial charge in [0, 0.05) is 31.1 Å². The minimum atomic E-state index is 1.10. The van der Waals surface area contributed by atoms with Crippen molar-refractivity contribution in [3.05, 3.63) is 139 Å². The van der Waals surface area contributed by atoms with Gasteiger partial charge in [-0.2, -0.15) is 0 Å². The summed E-state index contributed by atoms with van der Waals surface area (Å²) in [4.78, 5) is 0. The van der Waals surface area contributed by atoms with E-state index in [1.165, 1.54) is 69.7 Å². The Morgan fingerprint density at radius 2 is 1.36 bits per heavy atom. The van der Waals surface area contributed by atoms with Gasteiger partial charge in [-0.15, -0.1) is 11.3 Å². The first-order valence-electron chi connectivity index (χ1n) is 13.5. The van der Waals surface area contributed by atoms with Crippen molar-refractivity contribution in [1.29, 1.82) is 0 Å². The van der Waals surface area contributed by atoms with Crippen LogP contribution in [0.1, 0.15) is 18.4 Å². The Morgan fingerprint density at radius 3 is 2.18 bits per heavy atom. The summed E-state index contributed by atoms with van der Waals surface area (Å²) in [5.41, 5.74) is 7.72. The third kappa shape index (κ3) is 3.53. The van der Waals surface area contributed by atoms with E-state index in [9.17, 15) is 0 Å². The van der Waals surface area contributed by atoms with Gasteiger partial charge in [0.2, 0.25) is 0 Å². The molecule has 0 N–H and O–H groups in total. The average molecular weight is 513 g/mol. The van der Waals surface area contributed by atoms with Crippen molar-refractivity contribution in [2.24, 2.45) is 0 Å². The van der Waals surface area contributed by atoms with Crippen molar-refractivity contribution in [3.63, 3.8) is 0 Å². The zero-order chi connectivity index (χ0) is 25.8. The number of hydrogen-bond acceptors (Lipinski definition) is 1. The van der Waals surface area contributed by atoms with Crippen LogP contribution < -0.4 is 0 Å². The molecule has 8 rings (SSSR count). The molecule has 0 spiro atoms. The van der Waals surface area contributed by atoms with Crippen LogP contribution in [-0.4, -0.2) is 0 Å². The molecule has 6 aromatic carbocycles. The number of allylic oxidation sites excluding steroid dienone is 4. The SMILES string of the molecule is c1ccc2c(-c3ccc(C4=CC=CCC4)cc3)c3ccccc3c(-c3cccc4sc5ccccc5c34)c2c#1. The first-order valence-corrected chi connectivity index (χ1v) is 14.3. The Balaban J connectivity index is 1.44. The standard InChI is InChI=1S/C38H24S/c1-2-11-25(12-3-1)26-21-23-27(24-22-26)36-28-13-4-6-15-30(28)37(31-16-7-5-14-29(31)36)33-18-10-20-35-38(33)32-17-8-9-19-34(32)39-35/h1-2,4-6,8-11,13-15,17-24H,3,12H2.